The highest BCUT2D eigenvalue weighted by atomic mass is 32.1. The van der Waals surface area contributed by atoms with E-state index >= 15 is 0 Å². The lowest BCUT2D eigenvalue weighted by Crippen LogP contribution is -2.22. The molecule has 1 N–H and O–H groups in total. The lowest BCUT2D eigenvalue weighted by atomic mass is 10.0. The largest absolute Gasteiger partial charge is 0.381 e. The van der Waals surface area contributed by atoms with E-state index < -0.39 is 0 Å². The number of ether oxygens (including phenoxy) is 1. The van der Waals surface area contributed by atoms with E-state index in [4.69, 9.17) is 17.0 Å². The lowest BCUT2D eigenvalue weighted by Gasteiger charge is -2.22. The summed E-state index contributed by atoms with van der Waals surface area (Å²) < 4.78 is 21.8. The average molecular weight is 280 g/mol. The summed E-state index contributed by atoms with van der Waals surface area (Å²) in [4.78, 5) is 3.08. The Morgan fingerprint density at radius 1 is 1.53 bits per heavy atom. The fraction of sp³-hybridized carbons (Fsp3) is 0.500. The van der Waals surface area contributed by atoms with Crippen molar-refractivity contribution >= 4 is 23.3 Å². The van der Waals surface area contributed by atoms with Gasteiger partial charge >= 0.3 is 0 Å². The summed E-state index contributed by atoms with van der Waals surface area (Å²) >= 11 is 5.35. The Morgan fingerprint density at radius 2 is 2.37 bits per heavy atom. The Balaban J connectivity index is 2.00. The fourth-order valence-electron chi connectivity index (χ4n) is 2.67. The van der Waals surface area contributed by atoms with E-state index in [-0.39, 0.29) is 5.82 Å². The smallest absolute Gasteiger partial charge is 0.178 e. The Hall–Kier alpha value is -1.20. The molecular weight excluding hydrogens is 263 g/mol. The number of nitrogens with zero attached hydrogens (tertiary/aromatic N) is 1. The molecule has 2 aromatic rings. The van der Waals surface area contributed by atoms with Gasteiger partial charge in [-0.1, -0.05) is 0 Å². The molecular formula is C14H17FN2OS. The highest BCUT2D eigenvalue weighted by Gasteiger charge is 2.17. The van der Waals surface area contributed by atoms with Gasteiger partial charge in [-0.05, 0) is 49.7 Å². The number of aromatic amines is 1. The predicted molar refractivity (Wildman–Crippen MR) is 75.4 cm³/mol. The van der Waals surface area contributed by atoms with Gasteiger partial charge in [0.05, 0.1) is 17.6 Å². The molecule has 19 heavy (non-hydrogen) atoms. The Labute approximate surface area is 116 Å². The first-order valence-corrected chi connectivity index (χ1v) is 7.02. The van der Waals surface area contributed by atoms with Gasteiger partial charge in [-0.2, -0.15) is 0 Å². The molecule has 1 aromatic carbocycles. The van der Waals surface area contributed by atoms with Crippen LogP contribution in [-0.4, -0.2) is 22.8 Å². The zero-order chi connectivity index (χ0) is 13.4. The SMILES string of the molecule is Cc1cc2c(cc1F)[nH]c(=S)n2CC1CCCOC1. The van der Waals surface area contributed by atoms with E-state index in [0.29, 0.717) is 16.3 Å². The monoisotopic (exact) mass is 280 g/mol. The second kappa shape index (κ2) is 5.06. The number of hydrogen-bond acceptors (Lipinski definition) is 2. The minimum atomic E-state index is -0.197. The van der Waals surface area contributed by atoms with E-state index in [1.807, 2.05) is 6.07 Å². The third-order valence-corrected chi connectivity index (χ3v) is 4.07. The average Bonchev–Trinajstić information content (AvgIpc) is 2.68. The van der Waals surface area contributed by atoms with Crippen molar-refractivity contribution in [2.45, 2.75) is 26.3 Å². The Morgan fingerprint density at radius 3 is 3.11 bits per heavy atom. The number of H-pyrrole nitrogens is 1. The first-order chi connectivity index (χ1) is 9.15. The maximum absolute atomic E-state index is 13.6. The molecule has 1 aliphatic rings. The van der Waals surface area contributed by atoms with Crippen LogP contribution in [0.25, 0.3) is 11.0 Å². The highest BCUT2D eigenvalue weighted by molar-refractivity contribution is 7.71. The van der Waals surface area contributed by atoms with Crippen molar-refractivity contribution in [3.05, 3.63) is 28.3 Å². The van der Waals surface area contributed by atoms with E-state index in [1.54, 1.807) is 6.92 Å². The molecule has 1 aromatic heterocycles. The molecule has 0 amide bonds. The van der Waals surface area contributed by atoms with Crippen molar-refractivity contribution in [3.8, 4) is 0 Å². The first kappa shape index (κ1) is 12.8. The fourth-order valence-corrected chi connectivity index (χ4v) is 2.96. The Bertz CT molecular complexity index is 655. The molecule has 0 radical (unpaired) electrons. The van der Waals surface area contributed by atoms with Crippen molar-refractivity contribution in [2.24, 2.45) is 5.92 Å². The van der Waals surface area contributed by atoms with Gasteiger partial charge in [-0.3, -0.25) is 0 Å². The van der Waals surface area contributed by atoms with Gasteiger partial charge in [0, 0.05) is 19.1 Å². The number of hydrogen-bond donors (Lipinski definition) is 1. The molecule has 1 fully saturated rings. The number of fused-ring (bicyclic) bond motifs is 1. The standard InChI is InChI=1S/C14H17FN2OS/c1-9-5-13-12(6-11(9)15)16-14(19)17(13)7-10-3-2-4-18-8-10/h5-6,10H,2-4,7-8H2,1H3,(H,16,19). The van der Waals surface area contributed by atoms with Crippen LogP contribution in [0.15, 0.2) is 12.1 Å². The van der Waals surface area contributed by atoms with Crippen LogP contribution in [0.3, 0.4) is 0 Å². The first-order valence-electron chi connectivity index (χ1n) is 6.61. The molecule has 1 atom stereocenters. The third-order valence-electron chi connectivity index (χ3n) is 3.75. The molecule has 0 spiro atoms. The summed E-state index contributed by atoms with van der Waals surface area (Å²) in [6.07, 6.45) is 2.27. The van der Waals surface area contributed by atoms with Crippen LogP contribution in [0.1, 0.15) is 18.4 Å². The molecule has 1 saturated heterocycles. The minimum absolute atomic E-state index is 0.197. The highest BCUT2D eigenvalue weighted by Crippen LogP contribution is 2.22. The molecule has 0 aliphatic carbocycles. The Kier molecular flexibility index (Phi) is 3.41. The van der Waals surface area contributed by atoms with Gasteiger partial charge in [-0.25, -0.2) is 4.39 Å². The summed E-state index contributed by atoms with van der Waals surface area (Å²) in [7, 11) is 0. The molecule has 0 saturated carbocycles. The minimum Gasteiger partial charge on any atom is -0.381 e. The molecule has 1 unspecified atom stereocenters. The van der Waals surface area contributed by atoms with Crippen LogP contribution < -0.4 is 0 Å². The summed E-state index contributed by atoms with van der Waals surface area (Å²) in [6.45, 7) is 4.26. The molecule has 0 bridgehead atoms. The van der Waals surface area contributed by atoms with Gasteiger partial charge in [-0.15, -0.1) is 0 Å². The molecule has 3 nitrogen and oxygen atoms in total. The van der Waals surface area contributed by atoms with Gasteiger partial charge < -0.3 is 14.3 Å². The molecule has 2 heterocycles. The van der Waals surface area contributed by atoms with E-state index in [2.05, 4.69) is 9.55 Å². The van der Waals surface area contributed by atoms with Crippen molar-refractivity contribution in [2.75, 3.05) is 13.2 Å². The topological polar surface area (TPSA) is 29.9 Å². The van der Waals surface area contributed by atoms with Crippen LogP contribution in [0.2, 0.25) is 0 Å². The van der Waals surface area contributed by atoms with Crippen LogP contribution in [-0.2, 0) is 11.3 Å². The zero-order valence-electron chi connectivity index (χ0n) is 10.9. The second-order valence-electron chi connectivity index (χ2n) is 5.24. The van der Waals surface area contributed by atoms with Crippen molar-refractivity contribution in [3.63, 3.8) is 0 Å². The van der Waals surface area contributed by atoms with Gasteiger partial charge in [0.2, 0.25) is 0 Å². The number of aromatic nitrogens is 2. The lowest BCUT2D eigenvalue weighted by molar-refractivity contribution is 0.0486. The number of imidazole rings is 1. The van der Waals surface area contributed by atoms with Gasteiger partial charge in [0.25, 0.3) is 0 Å². The molecule has 102 valence electrons. The maximum atomic E-state index is 13.6. The number of nitrogens with one attached hydrogen (secondary N) is 1. The number of benzene rings is 1. The molecule has 5 heteroatoms. The molecule has 1 aliphatic heterocycles. The van der Waals surface area contributed by atoms with Crippen LogP contribution in [0, 0.1) is 23.4 Å². The summed E-state index contributed by atoms with van der Waals surface area (Å²) in [5.74, 6) is 0.293. The quantitative estimate of drug-likeness (QED) is 0.852. The predicted octanol–water partition coefficient (Wildman–Crippen LogP) is 3.57. The van der Waals surface area contributed by atoms with Crippen LogP contribution >= 0.6 is 12.2 Å². The van der Waals surface area contributed by atoms with Crippen LogP contribution in [0.5, 0.6) is 0 Å². The van der Waals surface area contributed by atoms with Crippen LogP contribution in [0.4, 0.5) is 4.39 Å². The van der Waals surface area contributed by atoms with Crippen molar-refractivity contribution in [1.82, 2.24) is 9.55 Å². The zero-order valence-corrected chi connectivity index (χ0v) is 11.7. The normalized spacial score (nSPS) is 20.0. The number of aryl methyl sites for hydroxylation is 1. The van der Waals surface area contributed by atoms with Gasteiger partial charge in [0.15, 0.2) is 4.77 Å². The second-order valence-corrected chi connectivity index (χ2v) is 5.63. The molecule has 3 rings (SSSR count). The number of halogens is 1. The van der Waals surface area contributed by atoms with Gasteiger partial charge in [0.1, 0.15) is 5.82 Å². The summed E-state index contributed by atoms with van der Waals surface area (Å²) in [5, 5.41) is 0. The summed E-state index contributed by atoms with van der Waals surface area (Å²) in [6, 6.07) is 3.38. The summed E-state index contributed by atoms with van der Waals surface area (Å²) in [5.41, 5.74) is 2.40. The van der Waals surface area contributed by atoms with Crippen molar-refractivity contribution in [1.29, 1.82) is 0 Å². The van der Waals surface area contributed by atoms with E-state index in [1.165, 1.54) is 6.07 Å². The van der Waals surface area contributed by atoms with E-state index in [0.717, 1.165) is 43.6 Å². The number of rotatable bonds is 2. The third kappa shape index (κ3) is 2.44. The van der Waals surface area contributed by atoms with Crippen molar-refractivity contribution < 1.29 is 9.13 Å². The van der Waals surface area contributed by atoms with E-state index in [9.17, 15) is 4.39 Å². The maximum Gasteiger partial charge on any atom is 0.178 e.